The van der Waals surface area contributed by atoms with Crippen LogP contribution in [0.3, 0.4) is 0 Å². The van der Waals surface area contributed by atoms with Gasteiger partial charge in [0.2, 0.25) is 15.9 Å². The minimum absolute atomic E-state index is 0.0178. The number of benzene rings is 3. The molecule has 3 rings (SSSR count). The predicted octanol–water partition coefficient (Wildman–Crippen LogP) is 5.09. The number of aryl methyl sites for hydroxylation is 2. The second-order valence-electron chi connectivity index (χ2n) is 7.47. The molecule has 0 heterocycles. The largest absolute Gasteiger partial charge is 0.325 e. The first-order valence-corrected chi connectivity index (χ1v) is 11.7. The number of hydrogen-bond donors (Lipinski definition) is 1. The van der Waals surface area contributed by atoms with Gasteiger partial charge in [-0.3, -0.25) is 4.79 Å². The average Bonchev–Trinajstić information content (AvgIpc) is 2.73. The minimum Gasteiger partial charge on any atom is -0.325 e. The molecule has 5 nitrogen and oxygen atoms in total. The van der Waals surface area contributed by atoms with Gasteiger partial charge in [0.25, 0.3) is 0 Å². The van der Waals surface area contributed by atoms with E-state index in [0.717, 1.165) is 21.0 Å². The van der Waals surface area contributed by atoms with Crippen molar-refractivity contribution in [2.75, 3.05) is 11.9 Å². The van der Waals surface area contributed by atoms with Gasteiger partial charge < -0.3 is 5.32 Å². The van der Waals surface area contributed by atoms with Gasteiger partial charge in [-0.1, -0.05) is 59.6 Å². The van der Waals surface area contributed by atoms with Crippen molar-refractivity contribution >= 4 is 33.2 Å². The zero-order chi connectivity index (χ0) is 22.6. The van der Waals surface area contributed by atoms with Crippen LogP contribution < -0.4 is 5.32 Å². The predicted molar refractivity (Wildman–Crippen MR) is 125 cm³/mol. The Kier molecular flexibility index (Phi) is 7.15. The third kappa shape index (κ3) is 5.53. The maximum atomic E-state index is 13.4. The smallest absolute Gasteiger partial charge is 0.243 e. The molecule has 0 unspecified atom stereocenters. The highest BCUT2D eigenvalue weighted by molar-refractivity contribution is 7.89. The number of anilines is 1. The van der Waals surface area contributed by atoms with Gasteiger partial charge >= 0.3 is 0 Å². The Bertz CT molecular complexity index is 1190. The molecule has 0 bridgehead atoms. The fourth-order valence-electron chi connectivity index (χ4n) is 3.14. The van der Waals surface area contributed by atoms with Crippen molar-refractivity contribution in [1.82, 2.24) is 4.31 Å². The van der Waals surface area contributed by atoms with E-state index in [1.54, 1.807) is 54.6 Å². The van der Waals surface area contributed by atoms with Crippen molar-refractivity contribution in [3.8, 4) is 0 Å². The summed E-state index contributed by atoms with van der Waals surface area (Å²) in [7, 11) is -3.92. The number of nitrogens with zero attached hydrogens (tertiary/aromatic N) is 1. The summed E-state index contributed by atoms with van der Waals surface area (Å²) in [4.78, 5) is 13.0. The molecule has 0 aliphatic carbocycles. The van der Waals surface area contributed by atoms with Crippen LogP contribution in [0.4, 0.5) is 5.69 Å². The summed E-state index contributed by atoms with van der Waals surface area (Å²) in [6.45, 7) is 5.40. The first-order valence-electron chi connectivity index (χ1n) is 9.85. The second kappa shape index (κ2) is 9.64. The molecule has 1 N–H and O–H groups in total. The lowest BCUT2D eigenvalue weighted by atomic mass is 10.1. The number of nitrogens with one attached hydrogen (secondary N) is 1. The van der Waals surface area contributed by atoms with Crippen LogP contribution in [0.25, 0.3) is 0 Å². The molecular formula is C24H25ClN2O3S. The lowest BCUT2D eigenvalue weighted by Crippen LogP contribution is -2.37. The van der Waals surface area contributed by atoms with Gasteiger partial charge in [0.15, 0.2) is 0 Å². The van der Waals surface area contributed by atoms with Crippen molar-refractivity contribution in [1.29, 1.82) is 0 Å². The molecule has 0 fully saturated rings. The van der Waals surface area contributed by atoms with Crippen molar-refractivity contribution in [3.05, 3.63) is 94.0 Å². The molecule has 0 aromatic heterocycles. The quantitative estimate of drug-likeness (QED) is 0.538. The Morgan fingerprint density at radius 1 is 0.935 bits per heavy atom. The number of carbonyl (C=O) groups is 1. The van der Waals surface area contributed by atoms with Crippen LogP contribution in [-0.2, 0) is 21.4 Å². The molecule has 0 atom stereocenters. The van der Waals surface area contributed by atoms with Gasteiger partial charge in [-0.25, -0.2) is 8.42 Å². The highest BCUT2D eigenvalue weighted by atomic mass is 35.5. The summed E-state index contributed by atoms with van der Waals surface area (Å²) in [5.74, 6) is -0.420. The topological polar surface area (TPSA) is 66.5 Å². The van der Waals surface area contributed by atoms with Crippen LogP contribution in [0.15, 0.2) is 71.6 Å². The molecule has 0 aliphatic rings. The van der Waals surface area contributed by atoms with Gasteiger partial charge in [0.05, 0.1) is 11.4 Å². The summed E-state index contributed by atoms with van der Waals surface area (Å²) >= 11 is 6.27. The zero-order valence-electron chi connectivity index (χ0n) is 17.7. The average molecular weight is 457 g/mol. The summed E-state index contributed by atoms with van der Waals surface area (Å²) < 4.78 is 27.9. The molecular weight excluding hydrogens is 432 g/mol. The molecule has 7 heteroatoms. The highest BCUT2D eigenvalue weighted by Crippen LogP contribution is 2.23. The summed E-state index contributed by atoms with van der Waals surface area (Å²) in [5, 5.41) is 3.28. The SMILES string of the molecule is Cc1ccc(S(=O)(=O)N(CC(=O)Nc2cccc(C)c2C)Cc2ccccc2Cl)cc1. The number of hydrogen-bond acceptors (Lipinski definition) is 3. The van der Waals surface area contributed by atoms with Gasteiger partial charge in [-0.15, -0.1) is 0 Å². The molecule has 0 saturated heterocycles. The van der Waals surface area contributed by atoms with E-state index in [1.807, 2.05) is 32.9 Å². The van der Waals surface area contributed by atoms with Gasteiger partial charge in [-0.05, 0) is 61.7 Å². The third-order valence-electron chi connectivity index (χ3n) is 5.16. The molecule has 0 radical (unpaired) electrons. The fourth-order valence-corrected chi connectivity index (χ4v) is 4.71. The number of rotatable bonds is 7. The molecule has 3 aromatic carbocycles. The van der Waals surface area contributed by atoms with Crippen molar-refractivity contribution < 1.29 is 13.2 Å². The lowest BCUT2D eigenvalue weighted by molar-refractivity contribution is -0.116. The van der Waals surface area contributed by atoms with E-state index in [2.05, 4.69) is 5.32 Å². The molecule has 1 amide bonds. The monoisotopic (exact) mass is 456 g/mol. The second-order valence-corrected chi connectivity index (χ2v) is 9.82. The zero-order valence-corrected chi connectivity index (χ0v) is 19.3. The van der Waals surface area contributed by atoms with Gasteiger partial charge in [-0.2, -0.15) is 4.31 Å². The molecule has 162 valence electrons. The normalized spacial score (nSPS) is 11.5. The summed E-state index contributed by atoms with van der Waals surface area (Å²) in [6.07, 6.45) is 0. The fraction of sp³-hybridized carbons (Fsp3) is 0.208. The van der Waals surface area contributed by atoms with E-state index in [1.165, 1.54) is 0 Å². The molecule has 0 spiro atoms. The van der Waals surface area contributed by atoms with E-state index in [0.29, 0.717) is 16.3 Å². The number of sulfonamides is 1. The van der Waals surface area contributed by atoms with Crippen LogP contribution in [0, 0.1) is 20.8 Å². The Balaban J connectivity index is 1.91. The van der Waals surface area contributed by atoms with E-state index < -0.39 is 15.9 Å². The Morgan fingerprint density at radius 2 is 1.61 bits per heavy atom. The molecule has 0 saturated carbocycles. The van der Waals surface area contributed by atoms with Gasteiger partial charge in [0, 0.05) is 17.3 Å². The van der Waals surface area contributed by atoms with E-state index in [9.17, 15) is 13.2 Å². The van der Waals surface area contributed by atoms with Crippen LogP contribution >= 0.6 is 11.6 Å². The van der Waals surface area contributed by atoms with E-state index in [4.69, 9.17) is 11.6 Å². The number of amides is 1. The summed E-state index contributed by atoms with van der Waals surface area (Å²) in [5.41, 5.74) is 4.21. The van der Waals surface area contributed by atoms with Crippen molar-refractivity contribution in [2.45, 2.75) is 32.2 Å². The lowest BCUT2D eigenvalue weighted by Gasteiger charge is -2.23. The Morgan fingerprint density at radius 3 is 2.29 bits per heavy atom. The Hall–Kier alpha value is -2.67. The maximum Gasteiger partial charge on any atom is 0.243 e. The van der Waals surface area contributed by atoms with Crippen molar-refractivity contribution in [3.63, 3.8) is 0 Å². The van der Waals surface area contributed by atoms with Crippen LogP contribution in [0.2, 0.25) is 5.02 Å². The van der Waals surface area contributed by atoms with Gasteiger partial charge in [0.1, 0.15) is 0 Å². The van der Waals surface area contributed by atoms with Crippen LogP contribution in [0.1, 0.15) is 22.3 Å². The minimum atomic E-state index is -3.92. The van der Waals surface area contributed by atoms with Crippen molar-refractivity contribution in [2.24, 2.45) is 0 Å². The number of halogens is 1. The summed E-state index contributed by atoms with van der Waals surface area (Å²) in [6, 6.07) is 19.2. The molecule has 0 aliphatic heterocycles. The Labute approximate surface area is 188 Å². The highest BCUT2D eigenvalue weighted by Gasteiger charge is 2.27. The number of carbonyl (C=O) groups excluding carboxylic acids is 1. The van der Waals surface area contributed by atoms with E-state index >= 15 is 0 Å². The standard InChI is InChI=1S/C24H25ClN2O3S/c1-17-11-13-21(14-12-17)31(29,30)27(15-20-8-4-5-9-22(20)25)16-24(28)26-23-10-6-7-18(2)19(23)3/h4-14H,15-16H2,1-3H3,(H,26,28). The molecule has 31 heavy (non-hydrogen) atoms. The van der Waals surface area contributed by atoms with E-state index in [-0.39, 0.29) is 18.0 Å². The first-order chi connectivity index (χ1) is 14.7. The first kappa shape index (κ1) is 23.0. The van der Waals surface area contributed by atoms with Crippen LogP contribution in [0.5, 0.6) is 0 Å². The maximum absolute atomic E-state index is 13.4. The third-order valence-corrected chi connectivity index (χ3v) is 7.34. The molecule has 3 aromatic rings. The van der Waals surface area contributed by atoms with Crippen LogP contribution in [-0.4, -0.2) is 25.2 Å².